The minimum absolute atomic E-state index is 0. The normalized spacial score (nSPS) is 10.6. The third-order valence-electron chi connectivity index (χ3n) is 19.2. The van der Waals surface area contributed by atoms with Gasteiger partial charge in [-0.1, -0.05) is 272 Å². The van der Waals surface area contributed by atoms with E-state index in [1.165, 1.54) is 142 Å². The van der Waals surface area contributed by atoms with Crippen molar-refractivity contribution in [1.82, 2.24) is 19.9 Å². The number of aromatic nitrogens is 4. The molecule has 0 bridgehead atoms. The number of nitrogens with one attached hydrogen (secondary N) is 4. The molecule has 0 fully saturated rings. The summed E-state index contributed by atoms with van der Waals surface area (Å²) in [6, 6.07) is 125. The number of aromatic amines is 4. The van der Waals surface area contributed by atoms with Crippen molar-refractivity contribution < 1.29 is 82.1 Å². The number of rotatable bonds is 12. The van der Waals surface area contributed by atoms with Crippen molar-refractivity contribution in [2.45, 2.75) is 16.0 Å². The van der Waals surface area contributed by atoms with Crippen LogP contribution in [-0.2, 0) is 6.16 Å². The Kier molecular flexibility index (Phi) is 36.9. The van der Waals surface area contributed by atoms with Crippen LogP contribution in [0.25, 0.3) is 110 Å². The molecule has 0 unspecified atom stereocenters. The molecule has 118 heavy (non-hydrogen) atoms. The number of hydrogen-bond acceptors (Lipinski definition) is 9. The van der Waals surface area contributed by atoms with E-state index >= 15 is 0 Å². The first-order valence-corrected chi connectivity index (χ1v) is 43.8. The molecule has 0 atom stereocenters. The zero-order valence-corrected chi connectivity index (χ0v) is 76.3. The molecule has 0 spiro atoms. The molecule has 19 aromatic rings. The average Bonchev–Trinajstić information content (AvgIpc) is 1.49. The molecule has 19 rings (SSSR count). The summed E-state index contributed by atoms with van der Waals surface area (Å²) in [6.45, 7) is 0. The van der Waals surface area contributed by atoms with Crippen LogP contribution in [0.5, 0.6) is 0 Å². The van der Waals surface area contributed by atoms with Crippen molar-refractivity contribution in [2.75, 3.05) is 26.7 Å². The Morgan fingerprint density at radius 1 is 0.381 bits per heavy atom. The number of aliphatic hydroxyl groups is 1. The molecule has 0 saturated heterocycles. The Morgan fingerprint density at radius 3 is 1.27 bits per heavy atom. The number of carbonyl (C=O) groups is 1. The molecule has 0 radical (unpaired) electrons. The van der Waals surface area contributed by atoms with E-state index in [4.69, 9.17) is 30.8 Å². The summed E-state index contributed by atoms with van der Waals surface area (Å²) in [5.41, 5.74) is 14.6. The van der Waals surface area contributed by atoms with Gasteiger partial charge in [-0.2, -0.15) is 7.11 Å². The van der Waals surface area contributed by atoms with E-state index in [2.05, 4.69) is 377 Å². The summed E-state index contributed by atoms with van der Waals surface area (Å²) < 4.78 is 3.21. The molecule has 0 aliphatic heterocycles. The third kappa shape index (κ3) is 23.2. The molecule has 11 nitrogen and oxygen atoms in total. The van der Waals surface area contributed by atoms with E-state index in [-0.39, 0.29) is 46.5 Å². The Labute approximate surface area is 754 Å². The molecule has 0 saturated carbocycles. The van der Waals surface area contributed by atoms with Gasteiger partial charge in [0, 0.05) is 96.2 Å². The van der Waals surface area contributed by atoms with Crippen LogP contribution in [-0.4, -0.2) is 85.7 Å². The van der Waals surface area contributed by atoms with Crippen LogP contribution in [0.15, 0.2) is 381 Å². The van der Waals surface area contributed by atoms with Gasteiger partial charge in [-0.15, -0.1) is 23.5 Å². The van der Waals surface area contributed by atoms with Crippen molar-refractivity contribution in [2.24, 2.45) is 0 Å². The maximum Gasteiger partial charge on any atom is 1.00 e. The Balaban J connectivity index is 0.000000164. The van der Waals surface area contributed by atoms with Crippen molar-refractivity contribution in [1.29, 1.82) is 0 Å². The largest absolute Gasteiger partial charge is 1.00 e. The number of fused-ring (bicyclic) bond motifs is 12. The van der Waals surface area contributed by atoms with Gasteiger partial charge >= 0.3 is 36.7 Å². The predicted molar refractivity (Wildman–Crippen MR) is 507 cm³/mol. The molecule has 0 aliphatic carbocycles. The number of para-hydroxylation sites is 4. The van der Waals surface area contributed by atoms with Crippen molar-refractivity contribution in [3.63, 3.8) is 0 Å². The van der Waals surface area contributed by atoms with Crippen LogP contribution in [0, 0.1) is 0 Å². The Bertz CT molecular complexity index is 6220. The second kappa shape index (κ2) is 47.0. The fourth-order valence-electron chi connectivity index (χ4n) is 14.0. The molecule has 15 aromatic carbocycles. The molecule has 4 aromatic heterocycles. The number of aldehydes is 1. The number of carbonyl (C=O) groups excluding carboxylic acids is 1. The Hall–Kier alpha value is -9.22. The van der Waals surface area contributed by atoms with Gasteiger partial charge in [0.05, 0.1) is 5.69 Å². The topological polar surface area (TPSA) is 204 Å². The number of hydrogen-bond donors (Lipinski definition) is 9. The van der Waals surface area contributed by atoms with E-state index in [9.17, 15) is 4.79 Å². The molecule has 4 heterocycles. The summed E-state index contributed by atoms with van der Waals surface area (Å²) in [7, 11) is -1.47. The molecule has 0 amide bonds. The van der Waals surface area contributed by atoms with Gasteiger partial charge in [0.2, 0.25) is 0 Å². The van der Waals surface area contributed by atoms with Crippen LogP contribution < -0.4 is 73.0 Å². The number of halogens is 4. The van der Waals surface area contributed by atoms with Crippen LogP contribution in [0.4, 0.5) is 0 Å². The summed E-state index contributed by atoms with van der Waals surface area (Å²) in [4.78, 5) is 26.4. The summed E-state index contributed by atoms with van der Waals surface area (Å²) in [5.74, 6) is 0. The second-order valence-electron chi connectivity index (χ2n) is 26.2. The van der Waals surface area contributed by atoms with Gasteiger partial charge in [-0.25, -0.2) is 0 Å². The van der Waals surface area contributed by atoms with E-state index < -0.39 is 14.4 Å². The third-order valence-corrected chi connectivity index (χ3v) is 26.8. The summed E-state index contributed by atoms with van der Waals surface area (Å²) >= 11 is 13.6. The fourth-order valence-corrected chi connectivity index (χ4v) is 20.3. The van der Waals surface area contributed by atoms with E-state index in [0.29, 0.717) is 11.0 Å². The summed E-state index contributed by atoms with van der Waals surface area (Å²) in [5, 5.41) is 62.1. The van der Waals surface area contributed by atoms with Gasteiger partial charge in [0.25, 0.3) is 0 Å². The minimum atomic E-state index is -1.86. The van der Waals surface area contributed by atoms with Crippen LogP contribution in [0.3, 0.4) is 0 Å². The Morgan fingerprint density at radius 2 is 0.788 bits per heavy atom. The smallest absolute Gasteiger partial charge is 1.00 e. The predicted octanol–water partition coefficient (Wildman–Crippen LogP) is 17.8. The van der Waals surface area contributed by atoms with Crippen LogP contribution >= 0.6 is 78.6 Å². The SMILES string of the molecule is Brc1ccc(/C=C\c2cc3ccccc3[nH]2)cc1.Brc1ccc2ccc3[nH]c4ccccc4c3c2c1.CO.CSc1ccccc1-c1ccc2ccc3[nH]c4ccccc4c3c2c1.CSc1ccccc1B(O)O.C[O-].O=Cc1ccc(Br)cc1.OO.[Br-].[Na+].c1ccc([P+](Cc2cc3ccccc3[nH]2)(c2ccccc2)c2ccccc2)cc1. The molecular weight excluding hydrogens is 1790 g/mol. The van der Waals surface area contributed by atoms with Gasteiger partial charge in [-0.05, 0) is 213 Å². The van der Waals surface area contributed by atoms with Gasteiger partial charge in [0.1, 0.15) is 35.6 Å². The maximum atomic E-state index is 10.1. The minimum Gasteiger partial charge on any atom is -1.00 e. The van der Waals surface area contributed by atoms with Gasteiger partial charge < -0.3 is 57.2 Å². The number of H-pyrrole nitrogens is 4. The van der Waals surface area contributed by atoms with E-state index in [1.54, 1.807) is 36.0 Å². The first-order valence-electron chi connectivity index (χ1n) is 37.0. The monoisotopic (exact) mass is 1870 g/mol. The van der Waals surface area contributed by atoms with Crippen molar-refractivity contribution in [3.8, 4) is 11.1 Å². The van der Waals surface area contributed by atoms with Crippen LogP contribution in [0.1, 0.15) is 27.3 Å². The van der Waals surface area contributed by atoms with Crippen molar-refractivity contribution >= 4 is 212 Å². The maximum absolute atomic E-state index is 10.1. The number of aliphatic hydroxyl groups excluding tert-OH is 1. The average molecular weight is 1880 g/mol. The quantitative estimate of drug-likeness (QED) is 0.0142. The molecule has 588 valence electrons. The van der Waals surface area contributed by atoms with Gasteiger partial charge in [-0.3, -0.25) is 15.3 Å². The van der Waals surface area contributed by atoms with Gasteiger partial charge in [0.15, 0.2) is 0 Å². The number of thioether (sulfide) groups is 2. The zero-order valence-electron chi connectivity index (χ0n) is 65.4. The second-order valence-corrected chi connectivity index (χ2v) is 34.1. The van der Waals surface area contributed by atoms with E-state index in [1.807, 2.05) is 48.7 Å². The first-order chi connectivity index (χ1) is 56.9. The van der Waals surface area contributed by atoms with Crippen molar-refractivity contribution in [3.05, 3.63) is 394 Å². The standard InChI is InChI=1S/C27H23NP.C23H17NS.C16H10BrN.C16H12BrN.C7H9BO2S.C7H5BrO.CH4O.CH3O.BrH.Na.H2O2/c1-4-13-24(14-5-1)29(25-15-6-2-7-16-25,26-17-8-3-9-18-26)21-23-20-22-12-10-11-19-27(22)28-23;1-25-22-9-5-3-6-17(22)16-11-10-15-12-13-21-23(19(15)14-16)18-7-2-4-8-20(18)24-21;17-11-7-5-10-6-8-15-16(13(10)9-11)12-3-1-2-4-14(12)18-15;17-14-8-5-12(6-9-14)7-10-15-11-13-3-1-2-4-16(13)18-15;1-11-7-5-3-2-4-6(7)8(9)10;8-7-3-1-6(5-9)2-4-7;2*1-2;;;1-2/h1-20,28H,21H2;2-14,24H,1H3;1-9,18H;1-11,18H;2-5,9-10H,1H3;1-5H;2H,1H3;1H3;1H;;1-2H/q+1;;;;;;;-1;;+1;/p-1/b;;;10-7-;;;;;;;. The zero-order chi connectivity index (χ0) is 81.8. The van der Waals surface area contributed by atoms with Crippen LogP contribution in [0.2, 0.25) is 0 Å². The molecule has 9 N–H and O–H groups in total. The first kappa shape index (κ1) is 92.7. The molecule has 20 heteroatoms. The fraction of sp³-hybridized carbons (Fsp3) is 0.0510. The number of benzene rings is 15. The molecule has 0 aliphatic rings. The van der Waals surface area contributed by atoms with E-state index in [0.717, 1.165) is 50.7 Å². The molecular formula is C98H85BBr4N4NaO7PS2. The summed E-state index contributed by atoms with van der Waals surface area (Å²) in [6.07, 6.45) is 10.0.